The van der Waals surface area contributed by atoms with Crippen LogP contribution in [0.3, 0.4) is 0 Å². The predicted octanol–water partition coefficient (Wildman–Crippen LogP) is 2.58. The average Bonchev–Trinajstić information content (AvgIpc) is 2.56. The lowest BCUT2D eigenvalue weighted by Gasteiger charge is -2.10. The number of hydrogen-bond donors (Lipinski definition) is 3. The van der Waals surface area contributed by atoms with E-state index in [1.54, 1.807) is 54.6 Å². The number of hydrazone groups is 1. The van der Waals surface area contributed by atoms with E-state index in [1.807, 2.05) is 6.07 Å². The molecule has 4 N–H and O–H groups in total. The highest BCUT2D eigenvalue weighted by molar-refractivity contribution is 6.45. The predicted molar refractivity (Wildman–Crippen MR) is 86.3 cm³/mol. The summed E-state index contributed by atoms with van der Waals surface area (Å²) in [6.07, 6.45) is 0. The van der Waals surface area contributed by atoms with Crippen molar-refractivity contribution >= 4 is 17.2 Å². The Kier molecular flexibility index (Phi) is 4.90. The Labute approximate surface area is 132 Å². The maximum absolute atomic E-state index is 8.91. The Morgan fingerprint density at radius 1 is 1.17 bits per heavy atom. The van der Waals surface area contributed by atoms with Crippen LogP contribution in [0.4, 0.5) is 5.69 Å². The molecule has 0 aliphatic rings. The zero-order valence-corrected chi connectivity index (χ0v) is 11.9. The van der Waals surface area contributed by atoms with Crippen molar-refractivity contribution < 1.29 is 4.74 Å². The molecule has 0 aliphatic heterocycles. The monoisotopic (exact) mass is 304 g/mol. The van der Waals surface area contributed by atoms with Crippen molar-refractivity contribution in [1.29, 1.82) is 15.9 Å². The van der Waals surface area contributed by atoms with Crippen molar-refractivity contribution in [2.75, 3.05) is 5.43 Å². The van der Waals surface area contributed by atoms with E-state index < -0.39 is 5.84 Å². The zero-order chi connectivity index (χ0) is 16.7. The molecular weight excluding hydrogens is 292 g/mol. The van der Waals surface area contributed by atoms with Gasteiger partial charge in [-0.05, 0) is 30.3 Å². The highest BCUT2D eigenvalue weighted by atomic mass is 16.5. The van der Waals surface area contributed by atoms with Crippen LogP contribution in [0.2, 0.25) is 0 Å². The molecule has 0 fully saturated rings. The molecule has 7 heteroatoms. The van der Waals surface area contributed by atoms with E-state index in [-0.39, 0.29) is 5.71 Å². The number of anilines is 1. The van der Waals surface area contributed by atoms with E-state index in [9.17, 15) is 0 Å². The van der Waals surface area contributed by atoms with Crippen LogP contribution in [-0.2, 0) is 0 Å². The first kappa shape index (κ1) is 15.5. The second kappa shape index (κ2) is 7.25. The summed E-state index contributed by atoms with van der Waals surface area (Å²) in [6, 6.07) is 17.4. The van der Waals surface area contributed by atoms with Crippen molar-refractivity contribution in [1.82, 2.24) is 0 Å². The van der Waals surface area contributed by atoms with Gasteiger partial charge in [0.15, 0.2) is 11.6 Å². The first-order valence-corrected chi connectivity index (χ1v) is 6.49. The molecule has 0 atom stereocenters. The van der Waals surface area contributed by atoms with Crippen molar-refractivity contribution in [3.8, 4) is 23.6 Å². The molecular formula is C16H12N6O. The molecule has 0 bridgehead atoms. The number of nitriles is 2. The van der Waals surface area contributed by atoms with Crippen LogP contribution in [0.5, 0.6) is 11.5 Å². The number of para-hydroxylation sites is 2. The fourth-order valence-electron chi connectivity index (χ4n) is 1.67. The van der Waals surface area contributed by atoms with Crippen LogP contribution in [0, 0.1) is 28.1 Å². The SMILES string of the molecule is N#C/C(=N\Nc1ccccc1Oc1cccc(C#N)c1)C(=N)N. The second-order valence-corrected chi connectivity index (χ2v) is 4.34. The summed E-state index contributed by atoms with van der Waals surface area (Å²) in [7, 11) is 0. The Balaban J connectivity index is 2.26. The van der Waals surface area contributed by atoms with E-state index in [4.69, 9.17) is 26.4 Å². The van der Waals surface area contributed by atoms with Gasteiger partial charge in [0.05, 0.1) is 17.3 Å². The molecule has 0 aromatic heterocycles. The van der Waals surface area contributed by atoms with Gasteiger partial charge in [0.1, 0.15) is 11.8 Å². The summed E-state index contributed by atoms with van der Waals surface area (Å²) >= 11 is 0. The van der Waals surface area contributed by atoms with Gasteiger partial charge in [-0.1, -0.05) is 18.2 Å². The minimum absolute atomic E-state index is 0.230. The highest BCUT2D eigenvalue weighted by Crippen LogP contribution is 2.29. The molecule has 112 valence electrons. The molecule has 2 aromatic carbocycles. The number of rotatable bonds is 5. The van der Waals surface area contributed by atoms with Crippen LogP contribution in [-0.4, -0.2) is 11.5 Å². The van der Waals surface area contributed by atoms with E-state index in [1.165, 1.54) is 0 Å². The van der Waals surface area contributed by atoms with Crippen LogP contribution in [0.25, 0.3) is 0 Å². The smallest absolute Gasteiger partial charge is 0.201 e. The average molecular weight is 304 g/mol. The molecule has 0 aliphatic carbocycles. The number of nitrogens with two attached hydrogens (primary N) is 1. The van der Waals surface area contributed by atoms with Gasteiger partial charge in [-0.2, -0.15) is 15.6 Å². The number of benzene rings is 2. The molecule has 0 radical (unpaired) electrons. The molecule has 7 nitrogen and oxygen atoms in total. The fraction of sp³-hybridized carbons (Fsp3) is 0. The topological polar surface area (TPSA) is 131 Å². The Morgan fingerprint density at radius 2 is 1.96 bits per heavy atom. The molecule has 0 saturated heterocycles. The number of amidine groups is 1. The zero-order valence-electron chi connectivity index (χ0n) is 11.9. The Hall–Kier alpha value is -3.84. The van der Waals surface area contributed by atoms with Crippen LogP contribution in [0.1, 0.15) is 5.56 Å². The maximum Gasteiger partial charge on any atom is 0.201 e. The van der Waals surface area contributed by atoms with Crippen molar-refractivity contribution in [3.05, 3.63) is 54.1 Å². The lowest BCUT2D eigenvalue weighted by atomic mass is 10.2. The minimum Gasteiger partial charge on any atom is -0.455 e. The maximum atomic E-state index is 8.91. The number of nitrogens with one attached hydrogen (secondary N) is 2. The summed E-state index contributed by atoms with van der Waals surface area (Å²) in [6.45, 7) is 0. The van der Waals surface area contributed by atoms with Crippen LogP contribution < -0.4 is 15.9 Å². The lowest BCUT2D eigenvalue weighted by Crippen LogP contribution is -2.21. The van der Waals surface area contributed by atoms with Gasteiger partial charge in [-0.15, -0.1) is 0 Å². The molecule has 2 rings (SSSR count). The van der Waals surface area contributed by atoms with E-state index in [0.29, 0.717) is 22.7 Å². The standard InChI is InChI=1S/C16H12N6O/c17-9-11-4-3-5-12(8-11)23-15-7-2-1-6-13(15)21-22-14(10-18)16(19)20/h1-8,21H,(H3,19,20)/b22-14+. The van der Waals surface area contributed by atoms with E-state index in [2.05, 4.69) is 10.5 Å². The first-order valence-electron chi connectivity index (χ1n) is 6.49. The molecule has 0 saturated carbocycles. The molecule has 0 spiro atoms. The third-order valence-corrected chi connectivity index (χ3v) is 2.73. The number of ether oxygens (including phenoxy) is 1. The third-order valence-electron chi connectivity index (χ3n) is 2.73. The summed E-state index contributed by atoms with van der Waals surface area (Å²) < 4.78 is 5.73. The van der Waals surface area contributed by atoms with E-state index in [0.717, 1.165) is 0 Å². The molecule has 0 amide bonds. The van der Waals surface area contributed by atoms with Crippen LogP contribution >= 0.6 is 0 Å². The van der Waals surface area contributed by atoms with Crippen molar-refractivity contribution in [3.63, 3.8) is 0 Å². The highest BCUT2D eigenvalue weighted by Gasteiger charge is 2.06. The van der Waals surface area contributed by atoms with Crippen molar-refractivity contribution in [2.24, 2.45) is 10.8 Å². The summed E-state index contributed by atoms with van der Waals surface area (Å²) in [5.74, 6) is 0.515. The van der Waals surface area contributed by atoms with Gasteiger partial charge >= 0.3 is 0 Å². The fourth-order valence-corrected chi connectivity index (χ4v) is 1.67. The van der Waals surface area contributed by atoms with Gasteiger partial charge in [0.2, 0.25) is 5.71 Å². The molecule has 23 heavy (non-hydrogen) atoms. The summed E-state index contributed by atoms with van der Waals surface area (Å²) in [4.78, 5) is 0. The lowest BCUT2D eigenvalue weighted by molar-refractivity contribution is 0.484. The van der Waals surface area contributed by atoms with Gasteiger partial charge in [-0.25, -0.2) is 0 Å². The summed E-state index contributed by atoms with van der Waals surface area (Å²) in [5, 5.41) is 28.7. The van der Waals surface area contributed by atoms with Gasteiger partial charge in [0, 0.05) is 0 Å². The number of hydrogen-bond acceptors (Lipinski definition) is 6. The Morgan fingerprint density at radius 3 is 2.65 bits per heavy atom. The van der Waals surface area contributed by atoms with Crippen molar-refractivity contribution in [2.45, 2.75) is 0 Å². The molecule has 0 unspecified atom stereocenters. The van der Waals surface area contributed by atoms with E-state index >= 15 is 0 Å². The molecule has 2 aromatic rings. The normalized spacial score (nSPS) is 10.3. The third kappa shape index (κ3) is 4.06. The van der Waals surface area contributed by atoms with Gasteiger partial charge < -0.3 is 10.5 Å². The second-order valence-electron chi connectivity index (χ2n) is 4.34. The summed E-state index contributed by atoms with van der Waals surface area (Å²) in [5.41, 5.74) is 8.62. The largest absolute Gasteiger partial charge is 0.455 e. The first-order chi connectivity index (χ1) is 11.1. The Bertz CT molecular complexity index is 844. The van der Waals surface area contributed by atoms with Crippen LogP contribution in [0.15, 0.2) is 53.6 Å². The molecule has 0 heterocycles. The number of nitrogens with zero attached hydrogens (tertiary/aromatic N) is 3. The minimum atomic E-state index is -0.430. The van der Waals surface area contributed by atoms with Gasteiger partial charge in [0.25, 0.3) is 0 Å². The quantitative estimate of drug-likeness (QED) is 0.444. The van der Waals surface area contributed by atoms with Gasteiger partial charge in [-0.3, -0.25) is 10.8 Å².